The van der Waals surface area contributed by atoms with Gasteiger partial charge in [-0.15, -0.1) is 0 Å². The number of rotatable bonds is 9. The van der Waals surface area contributed by atoms with Crippen molar-refractivity contribution in [2.75, 3.05) is 27.7 Å². The van der Waals surface area contributed by atoms with Crippen molar-refractivity contribution >= 4 is 17.7 Å². The fraction of sp³-hybridized carbons (Fsp3) is 0.786. The van der Waals surface area contributed by atoms with Crippen molar-refractivity contribution in [3.63, 3.8) is 0 Å². The second-order valence-electron chi connectivity index (χ2n) is 6.30. The lowest BCUT2D eigenvalue weighted by Gasteiger charge is -2.28. The van der Waals surface area contributed by atoms with E-state index in [0.29, 0.717) is 11.0 Å². The smallest absolute Gasteiger partial charge is 0.307 e. The number of ketones is 1. The van der Waals surface area contributed by atoms with Crippen LogP contribution in [-0.4, -0.2) is 61.1 Å². The van der Waals surface area contributed by atoms with Gasteiger partial charge in [0.15, 0.2) is 6.10 Å². The zero-order chi connectivity index (χ0) is 15.9. The van der Waals surface area contributed by atoms with E-state index < -0.39 is 18.0 Å². The van der Waals surface area contributed by atoms with Crippen LogP contribution in [0.3, 0.4) is 0 Å². The van der Waals surface area contributed by atoms with E-state index in [9.17, 15) is 14.4 Å². The average Bonchev–Trinajstić information content (AvgIpc) is 2.21. The number of hydrogen-bond acceptors (Lipinski definition) is 4. The van der Waals surface area contributed by atoms with E-state index in [1.165, 1.54) is 0 Å². The third-order valence-electron chi connectivity index (χ3n) is 2.67. The molecule has 0 saturated carbocycles. The van der Waals surface area contributed by atoms with Crippen LogP contribution >= 0.6 is 0 Å². The molecule has 0 heterocycles. The number of carbonyl (C=O) groups is 3. The minimum Gasteiger partial charge on any atom is -0.481 e. The van der Waals surface area contributed by atoms with Crippen molar-refractivity contribution < 1.29 is 28.7 Å². The molecule has 0 aromatic heterocycles. The molecule has 0 aromatic carbocycles. The summed E-state index contributed by atoms with van der Waals surface area (Å²) < 4.78 is 5.68. The van der Waals surface area contributed by atoms with Crippen LogP contribution in [0, 0.1) is 5.92 Å². The predicted molar refractivity (Wildman–Crippen MR) is 74.1 cm³/mol. The number of ether oxygens (including phenoxy) is 1. The highest BCUT2D eigenvalue weighted by atomic mass is 16.5. The number of likely N-dealkylation sites (N-methyl/N-ethyl adjacent to an activating group) is 1. The lowest BCUT2D eigenvalue weighted by Crippen LogP contribution is -2.43. The Labute approximate surface area is 120 Å². The number of Topliss-reactive ketones (excluding diaryl/α,β-unsaturated/α-hetero) is 1. The van der Waals surface area contributed by atoms with Gasteiger partial charge in [-0.2, -0.15) is 0 Å². The fourth-order valence-electron chi connectivity index (χ4n) is 1.71. The molecular weight excluding hydrogens is 262 g/mol. The van der Waals surface area contributed by atoms with E-state index in [1.807, 2.05) is 21.1 Å². The molecule has 0 radical (unpaired) electrons. The Kier molecular flexibility index (Phi) is 7.42. The molecule has 0 aliphatic carbocycles. The van der Waals surface area contributed by atoms with Gasteiger partial charge in [-0.25, -0.2) is 0 Å². The number of nitrogens with zero attached hydrogens (tertiary/aromatic N) is 1. The number of carboxylic acids is 1. The maximum atomic E-state index is 11.7. The highest BCUT2D eigenvalue weighted by Crippen LogP contribution is 2.09. The van der Waals surface area contributed by atoms with Crippen LogP contribution in [-0.2, 0) is 19.1 Å². The summed E-state index contributed by atoms with van der Waals surface area (Å²) in [5, 5.41) is 8.83. The summed E-state index contributed by atoms with van der Waals surface area (Å²) >= 11 is 0. The van der Waals surface area contributed by atoms with E-state index in [0.717, 1.165) is 0 Å². The van der Waals surface area contributed by atoms with Crippen LogP contribution in [0.2, 0.25) is 0 Å². The molecule has 1 N–H and O–H groups in total. The van der Waals surface area contributed by atoms with Crippen LogP contribution in [0.15, 0.2) is 0 Å². The predicted octanol–water partition coefficient (Wildman–Crippen LogP) is 1.08. The first-order valence-electron chi connectivity index (χ1n) is 6.75. The van der Waals surface area contributed by atoms with E-state index >= 15 is 0 Å². The molecule has 0 bridgehead atoms. The van der Waals surface area contributed by atoms with Gasteiger partial charge in [0.05, 0.1) is 34.0 Å². The first-order chi connectivity index (χ1) is 9.01. The first-order valence-corrected chi connectivity index (χ1v) is 6.75. The standard InChI is InChI=1S/C14H25NO5/c1-10(2)12(16)6-7-14(19)20-11(8-13(17)18)9-15(3,4)5/h10-11H,6-9H2,1-5H3/p+1. The van der Waals surface area contributed by atoms with Crippen LogP contribution < -0.4 is 0 Å². The Hall–Kier alpha value is -1.43. The summed E-state index contributed by atoms with van der Waals surface area (Å²) in [7, 11) is 5.68. The molecule has 0 aliphatic rings. The van der Waals surface area contributed by atoms with Gasteiger partial charge in [0, 0.05) is 12.3 Å². The minimum atomic E-state index is -1.01. The summed E-state index contributed by atoms with van der Waals surface area (Å²) in [6, 6.07) is 0. The zero-order valence-corrected chi connectivity index (χ0v) is 13.0. The Morgan fingerprint density at radius 1 is 1.10 bits per heavy atom. The highest BCUT2D eigenvalue weighted by molar-refractivity contribution is 5.84. The number of aliphatic carboxylic acids is 1. The van der Waals surface area contributed by atoms with Crippen LogP contribution in [0.4, 0.5) is 0 Å². The molecular formula is C14H26NO5+. The van der Waals surface area contributed by atoms with Crippen molar-refractivity contribution in [2.24, 2.45) is 5.92 Å². The largest absolute Gasteiger partial charge is 0.481 e. The molecule has 0 spiro atoms. The van der Waals surface area contributed by atoms with E-state index in [1.54, 1.807) is 13.8 Å². The summed E-state index contributed by atoms with van der Waals surface area (Å²) in [5.41, 5.74) is 0. The second-order valence-corrected chi connectivity index (χ2v) is 6.30. The third-order valence-corrected chi connectivity index (χ3v) is 2.67. The number of carboxylic acid groups (broad SMARTS) is 1. The Morgan fingerprint density at radius 2 is 1.65 bits per heavy atom. The normalized spacial score (nSPS) is 13.1. The van der Waals surface area contributed by atoms with Gasteiger partial charge < -0.3 is 14.3 Å². The number of quaternary nitrogens is 1. The molecule has 1 atom stereocenters. The SMILES string of the molecule is CC(C)C(=O)CCC(=O)OC(CC(=O)O)C[N+](C)(C)C. The van der Waals surface area contributed by atoms with Gasteiger partial charge in [-0.1, -0.05) is 13.8 Å². The van der Waals surface area contributed by atoms with Crippen LogP contribution in [0.5, 0.6) is 0 Å². The van der Waals surface area contributed by atoms with Crippen molar-refractivity contribution in [1.29, 1.82) is 0 Å². The van der Waals surface area contributed by atoms with Crippen molar-refractivity contribution in [3.05, 3.63) is 0 Å². The Balaban J connectivity index is 4.38. The topological polar surface area (TPSA) is 80.7 Å². The molecule has 116 valence electrons. The molecule has 0 aromatic rings. The first kappa shape index (κ1) is 18.6. The summed E-state index contributed by atoms with van der Waals surface area (Å²) in [4.78, 5) is 33.9. The van der Waals surface area contributed by atoms with E-state index in [4.69, 9.17) is 9.84 Å². The molecule has 0 fully saturated rings. The molecule has 1 unspecified atom stereocenters. The fourth-order valence-corrected chi connectivity index (χ4v) is 1.71. The molecule has 0 aliphatic heterocycles. The number of carbonyl (C=O) groups excluding carboxylic acids is 2. The minimum absolute atomic E-state index is 0.00309. The quantitative estimate of drug-likeness (QED) is 0.507. The maximum absolute atomic E-state index is 11.7. The van der Waals surface area contributed by atoms with Gasteiger partial charge >= 0.3 is 11.9 Å². The number of hydrogen-bond donors (Lipinski definition) is 1. The van der Waals surface area contributed by atoms with Gasteiger partial charge in [0.2, 0.25) is 0 Å². The van der Waals surface area contributed by atoms with Crippen molar-refractivity contribution in [1.82, 2.24) is 0 Å². The molecule has 20 heavy (non-hydrogen) atoms. The lowest BCUT2D eigenvalue weighted by atomic mass is 10.0. The summed E-state index contributed by atoms with van der Waals surface area (Å²) in [6.45, 7) is 3.96. The molecule has 0 rings (SSSR count). The maximum Gasteiger partial charge on any atom is 0.307 e. The van der Waals surface area contributed by atoms with Crippen molar-refractivity contribution in [2.45, 2.75) is 39.2 Å². The second kappa shape index (κ2) is 7.99. The van der Waals surface area contributed by atoms with Crippen LogP contribution in [0.1, 0.15) is 33.1 Å². The molecule has 0 amide bonds. The monoisotopic (exact) mass is 288 g/mol. The van der Waals surface area contributed by atoms with Gasteiger partial charge in [0.25, 0.3) is 0 Å². The van der Waals surface area contributed by atoms with Crippen LogP contribution in [0.25, 0.3) is 0 Å². The summed E-state index contributed by atoms with van der Waals surface area (Å²) in [6.07, 6.45) is -0.751. The van der Waals surface area contributed by atoms with Gasteiger partial charge in [-0.05, 0) is 0 Å². The third kappa shape index (κ3) is 9.49. The average molecular weight is 288 g/mol. The highest BCUT2D eigenvalue weighted by Gasteiger charge is 2.25. The van der Waals surface area contributed by atoms with Gasteiger partial charge in [-0.3, -0.25) is 14.4 Å². The van der Waals surface area contributed by atoms with E-state index in [-0.39, 0.29) is 31.0 Å². The van der Waals surface area contributed by atoms with E-state index in [2.05, 4.69) is 0 Å². The van der Waals surface area contributed by atoms with Gasteiger partial charge in [0.1, 0.15) is 12.3 Å². The molecule has 6 heteroatoms. The summed E-state index contributed by atoms with van der Waals surface area (Å²) in [5.74, 6) is -1.62. The lowest BCUT2D eigenvalue weighted by molar-refractivity contribution is -0.873. The number of esters is 1. The molecule has 6 nitrogen and oxygen atoms in total. The Morgan fingerprint density at radius 3 is 2.05 bits per heavy atom. The molecule has 0 saturated heterocycles. The van der Waals surface area contributed by atoms with Crippen molar-refractivity contribution in [3.8, 4) is 0 Å². The zero-order valence-electron chi connectivity index (χ0n) is 13.0. The Bertz CT molecular complexity index is 357.